The van der Waals surface area contributed by atoms with E-state index in [-0.39, 0.29) is 20.9 Å². The molecule has 1 aliphatic rings. The number of hydrogen-bond donors (Lipinski definition) is 1. The summed E-state index contributed by atoms with van der Waals surface area (Å²) in [5.74, 6) is 6.72. The van der Waals surface area contributed by atoms with Gasteiger partial charge >= 0.3 is 182 Å². The van der Waals surface area contributed by atoms with Gasteiger partial charge in [0.05, 0.1) is 0 Å². The number of primary amides is 1. The second-order valence-electron chi connectivity index (χ2n) is 9.88. The van der Waals surface area contributed by atoms with E-state index in [1.807, 2.05) is 17.0 Å². The molecule has 1 fully saturated rings. The number of hydrogen-bond acceptors (Lipinski definition) is 5. The molecule has 162 valence electrons. The standard InChI is InChI=1S/C22H31GeN3O3S/c1-15-13-22(2,3)26(14-15)21-19(20(24)27)18(11-12-25-21)30(28,29)17-9-7-16(8-10-17)23(4,5)6/h7-12,15H,13-14H2,1-6H3,(H2,24,27)/t15-/m0/s1. The van der Waals surface area contributed by atoms with Crippen LogP contribution in [0.2, 0.25) is 17.3 Å². The van der Waals surface area contributed by atoms with Crippen LogP contribution in [0.15, 0.2) is 46.3 Å². The molecule has 0 aliphatic carbocycles. The molecule has 2 aromatic rings. The van der Waals surface area contributed by atoms with Crippen molar-refractivity contribution in [1.82, 2.24) is 4.98 Å². The number of carbonyl (C=O) groups is 1. The number of sulfone groups is 1. The SMILES string of the molecule is C[C@@H]1CN(c2nccc(S(=O)(=O)c3cc[c]([Ge]([CH3])([CH3])[CH3])cc3)c2C(N)=O)C(C)(C)C1. The zero-order valence-corrected chi connectivity index (χ0v) is 21.5. The van der Waals surface area contributed by atoms with Crippen molar-refractivity contribution in [3.05, 3.63) is 42.1 Å². The summed E-state index contributed by atoms with van der Waals surface area (Å²) in [7, 11) is -3.93. The van der Waals surface area contributed by atoms with Gasteiger partial charge < -0.3 is 0 Å². The Morgan fingerprint density at radius 1 is 1.17 bits per heavy atom. The third-order valence-electron chi connectivity index (χ3n) is 5.79. The zero-order chi connectivity index (χ0) is 22.5. The average Bonchev–Trinajstić information content (AvgIpc) is 2.92. The van der Waals surface area contributed by atoms with Gasteiger partial charge in [0.25, 0.3) is 0 Å². The second kappa shape index (κ2) is 7.68. The summed E-state index contributed by atoms with van der Waals surface area (Å²) in [6, 6.07) is 8.43. The normalized spacial score (nSPS) is 19.1. The molecule has 2 heterocycles. The first-order valence-electron chi connectivity index (χ1n) is 10.2. The van der Waals surface area contributed by atoms with Crippen LogP contribution in [0.1, 0.15) is 37.6 Å². The number of nitrogens with two attached hydrogens (primary N) is 1. The first-order chi connectivity index (χ1) is 13.7. The molecule has 1 aromatic carbocycles. The van der Waals surface area contributed by atoms with E-state index in [9.17, 15) is 13.2 Å². The molecule has 0 saturated carbocycles. The molecule has 30 heavy (non-hydrogen) atoms. The summed E-state index contributed by atoms with van der Waals surface area (Å²) in [4.78, 5) is 18.9. The minimum absolute atomic E-state index is 0.0303. The number of aromatic nitrogens is 1. The Morgan fingerprint density at radius 2 is 1.77 bits per heavy atom. The van der Waals surface area contributed by atoms with Crippen LogP contribution in [0.3, 0.4) is 0 Å². The third-order valence-corrected chi connectivity index (χ3v) is 11.9. The van der Waals surface area contributed by atoms with Gasteiger partial charge in [0.1, 0.15) is 0 Å². The van der Waals surface area contributed by atoms with E-state index in [0.717, 1.165) is 6.42 Å². The Bertz CT molecular complexity index is 1070. The molecule has 1 amide bonds. The number of rotatable bonds is 5. The Labute approximate surface area is 182 Å². The van der Waals surface area contributed by atoms with Crippen molar-refractivity contribution in [2.24, 2.45) is 11.7 Å². The van der Waals surface area contributed by atoms with E-state index in [1.165, 1.54) is 16.7 Å². The summed E-state index contributed by atoms with van der Waals surface area (Å²) in [5, 5.41) is 0. The van der Waals surface area contributed by atoms with Crippen molar-refractivity contribution in [3.8, 4) is 0 Å². The van der Waals surface area contributed by atoms with Crippen LogP contribution < -0.4 is 15.0 Å². The summed E-state index contributed by atoms with van der Waals surface area (Å²) in [6.45, 7) is 6.96. The molecule has 6 nitrogen and oxygen atoms in total. The quantitative estimate of drug-likeness (QED) is 0.651. The van der Waals surface area contributed by atoms with Gasteiger partial charge in [-0.1, -0.05) is 0 Å². The molecule has 0 spiro atoms. The molecule has 1 saturated heterocycles. The zero-order valence-electron chi connectivity index (χ0n) is 18.6. The van der Waals surface area contributed by atoms with Gasteiger partial charge in [-0.2, -0.15) is 0 Å². The number of pyridine rings is 1. The Kier molecular flexibility index (Phi) is 5.84. The number of amides is 1. The first kappa shape index (κ1) is 22.8. The second-order valence-corrected chi connectivity index (χ2v) is 22.5. The summed E-state index contributed by atoms with van der Waals surface area (Å²) >= 11 is -2.07. The van der Waals surface area contributed by atoms with Gasteiger partial charge in [0, 0.05) is 0 Å². The Balaban J connectivity index is 2.15. The molecule has 1 aromatic heterocycles. The fourth-order valence-electron chi connectivity index (χ4n) is 4.31. The van der Waals surface area contributed by atoms with Crippen LogP contribution in [0.5, 0.6) is 0 Å². The third kappa shape index (κ3) is 4.14. The molecule has 8 heteroatoms. The monoisotopic (exact) mass is 491 g/mol. The van der Waals surface area contributed by atoms with Crippen LogP contribution in [-0.4, -0.2) is 44.7 Å². The van der Waals surface area contributed by atoms with E-state index in [1.54, 1.807) is 12.1 Å². The molecule has 2 N–H and O–H groups in total. The molecule has 1 atom stereocenters. The molecular weight excluding hydrogens is 459 g/mol. The Morgan fingerprint density at radius 3 is 2.23 bits per heavy atom. The summed E-state index contributed by atoms with van der Waals surface area (Å²) < 4.78 is 28.2. The number of benzene rings is 1. The predicted octanol–water partition coefficient (Wildman–Crippen LogP) is 3.18. The maximum absolute atomic E-state index is 13.5. The van der Waals surface area contributed by atoms with Crippen LogP contribution in [0.4, 0.5) is 5.82 Å². The van der Waals surface area contributed by atoms with Crippen molar-refractivity contribution in [1.29, 1.82) is 0 Å². The summed E-state index contributed by atoms with van der Waals surface area (Å²) in [6.07, 6.45) is 2.37. The molecule has 0 unspecified atom stereocenters. The fraction of sp³-hybridized carbons (Fsp3) is 0.455. The van der Waals surface area contributed by atoms with E-state index >= 15 is 0 Å². The molecule has 1 aliphatic heterocycles. The minimum atomic E-state index is -3.93. The predicted molar refractivity (Wildman–Crippen MR) is 123 cm³/mol. The van der Waals surface area contributed by atoms with E-state index < -0.39 is 29.0 Å². The summed E-state index contributed by atoms with van der Waals surface area (Å²) in [5.41, 5.74) is 5.42. The van der Waals surface area contributed by atoms with Crippen molar-refractivity contribution in [3.63, 3.8) is 0 Å². The Hall–Kier alpha value is -1.87. The van der Waals surface area contributed by atoms with Crippen molar-refractivity contribution < 1.29 is 13.2 Å². The number of anilines is 1. The molecular formula is C22H31GeN3O3S. The number of nitrogens with zero attached hydrogens (tertiary/aromatic N) is 2. The van der Waals surface area contributed by atoms with Gasteiger partial charge in [-0.05, 0) is 0 Å². The average molecular weight is 490 g/mol. The van der Waals surface area contributed by atoms with E-state index in [0.29, 0.717) is 18.3 Å². The van der Waals surface area contributed by atoms with E-state index in [4.69, 9.17) is 5.73 Å². The molecule has 0 bridgehead atoms. The van der Waals surface area contributed by atoms with Crippen molar-refractivity contribution in [2.45, 2.75) is 59.8 Å². The molecule has 0 radical (unpaired) electrons. The van der Waals surface area contributed by atoms with Crippen molar-refractivity contribution in [2.75, 3.05) is 11.4 Å². The first-order valence-corrected chi connectivity index (χ1v) is 19.0. The van der Waals surface area contributed by atoms with E-state index in [2.05, 4.69) is 43.0 Å². The van der Waals surface area contributed by atoms with Gasteiger partial charge in [0.2, 0.25) is 0 Å². The topological polar surface area (TPSA) is 93.4 Å². The maximum atomic E-state index is 13.5. The van der Waals surface area contributed by atoms with Crippen LogP contribution in [0.25, 0.3) is 0 Å². The van der Waals surface area contributed by atoms with Crippen LogP contribution >= 0.6 is 0 Å². The number of carbonyl (C=O) groups excluding carboxylic acids is 1. The van der Waals surface area contributed by atoms with Crippen LogP contribution in [-0.2, 0) is 9.84 Å². The van der Waals surface area contributed by atoms with Gasteiger partial charge in [-0.15, -0.1) is 0 Å². The van der Waals surface area contributed by atoms with Crippen LogP contribution in [0, 0.1) is 5.92 Å². The van der Waals surface area contributed by atoms with Gasteiger partial charge in [-0.3, -0.25) is 0 Å². The van der Waals surface area contributed by atoms with Gasteiger partial charge in [0.15, 0.2) is 0 Å². The fourth-order valence-corrected chi connectivity index (χ4v) is 8.21. The molecule has 3 rings (SSSR count). The van der Waals surface area contributed by atoms with Crippen molar-refractivity contribution >= 4 is 39.2 Å². The van der Waals surface area contributed by atoms with Gasteiger partial charge in [-0.25, -0.2) is 0 Å².